The zero-order valence-electron chi connectivity index (χ0n) is 12.3. The predicted octanol–water partition coefficient (Wildman–Crippen LogP) is 0.987. The highest BCUT2D eigenvalue weighted by Gasteiger charge is 2.24. The van der Waals surface area contributed by atoms with E-state index in [0.717, 1.165) is 12.1 Å². The first-order valence-electron chi connectivity index (χ1n) is 6.34. The molecule has 0 fully saturated rings. The summed E-state index contributed by atoms with van der Waals surface area (Å²) in [4.78, 5) is 4.37. The molecule has 6 nitrogen and oxygen atoms in total. The van der Waals surface area contributed by atoms with Gasteiger partial charge in [0, 0.05) is 31.9 Å². The molecule has 0 aliphatic heterocycles. The topological polar surface area (TPSA) is 74.5 Å². The molecule has 1 aromatic rings. The maximum absolute atomic E-state index is 10.4. The largest absolute Gasteiger partial charge is 0.383 e. The maximum atomic E-state index is 10.4. The Bertz CT molecular complexity index is 442. The van der Waals surface area contributed by atoms with Gasteiger partial charge in [0.15, 0.2) is 5.96 Å². The molecule has 7 heteroatoms. The molecule has 1 unspecified atom stereocenters. The van der Waals surface area contributed by atoms with Crippen molar-refractivity contribution in [1.82, 2.24) is 20.4 Å². The number of hydrogen-bond donors (Lipinski definition) is 3. The average molecular weight is 393 g/mol. The van der Waals surface area contributed by atoms with Gasteiger partial charge in [0.2, 0.25) is 0 Å². The number of aromatic nitrogens is 2. The second-order valence-electron chi connectivity index (χ2n) is 4.54. The van der Waals surface area contributed by atoms with Crippen LogP contribution in [0.5, 0.6) is 0 Å². The molecule has 0 radical (unpaired) electrons. The van der Waals surface area contributed by atoms with Crippen molar-refractivity contribution in [3.8, 4) is 0 Å². The molecular formula is C13H24IN5O. The van der Waals surface area contributed by atoms with Crippen LogP contribution in [0.25, 0.3) is 0 Å². The SMILES string of the molecule is C=CCNC(=NCC(C)(O)c1cnn(C)c1)NCC.I. The lowest BCUT2D eigenvalue weighted by molar-refractivity contribution is 0.0672. The Hall–Kier alpha value is -1.09. The van der Waals surface area contributed by atoms with E-state index < -0.39 is 5.60 Å². The molecule has 0 aliphatic carbocycles. The van der Waals surface area contributed by atoms with Crippen molar-refractivity contribution in [2.75, 3.05) is 19.6 Å². The normalized spacial score (nSPS) is 14.1. The highest BCUT2D eigenvalue weighted by Crippen LogP contribution is 2.19. The number of aliphatic imine (C=N–C) groups is 1. The van der Waals surface area contributed by atoms with E-state index in [0.29, 0.717) is 12.5 Å². The van der Waals surface area contributed by atoms with Crippen LogP contribution >= 0.6 is 24.0 Å². The van der Waals surface area contributed by atoms with Gasteiger partial charge in [-0.3, -0.25) is 4.68 Å². The van der Waals surface area contributed by atoms with E-state index in [9.17, 15) is 5.11 Å². The van der Waals surface area contributed by atoms with E-state index in [1.54, 1.807) is 30.1 Å². The highest BCUT2D eigenvalue weighted by atomic mass is 127. The van der Waals surface area contributed by atoms with Crippen molar-refractivity contribution in [3.63, 3.8) is 0 Å². The van der Waals surface area contributed by atoms with E-state index in [1.807, 2.05) is 14.0 Å². The molecule has 1 heterocycles. The summed E-state index contributed by atoms with van der Waals surface area (Å²) in [6.45, 7) is 9.01. The fraction of sp³-hybridized carbons (Fsp3) is 0.538. The number of aryl methyl sites for hydroxylation is 1. The summed E-state index contributed by atoms with van der Waals surface area (Å²) in [5.41, 5.74) is -0.288. The van der Waals surface area contributed by atoms with Crippen LogP contribution in [0.15, 0.2) is 30.0 Å². The lowest BCUT2D eigenvalue weighted by atomic mass is 10.0. The van der Waals surface area contributed by atoms with Gasteiger partial charge in [-0.1, -0.05) is 6.08 Å². The molecule has 3 N–H and O–H groups in total. The molecule has 0 spiro atoms. The van der Waals surface area contributed by atoms with Gasteiger partial charge in [0.1, 0.15) is 5.60 Å². The lowest BCUT2D eigenvalue weighted by Gasteiger charge is -2.20. The number of rotatable bonds is 6. The van der Waals surface area contributed by atoms with Crippen molar-refractivity contribution in [2.24, 2.45) is 12.0 Å². The van der Waals surface area contributed by atoms with Gasteiger partial charge in [-0.25, -0.2) is 4.99 Å². The van der Waals surface area contributed by atoms with Crippen molar-refractivity contribution in [1.29, 1.82) is 0 Å². The van der Waals surface area contributed by atoms with E-state index in [1.165, 1.54) is 0 Å². The number of hydrogen-bond acceptors (Lipinski definition) is 3. The minimum atomic E-state index is -1.04. The molecule has 0 aromatic carbocycles. The summed E-state index contributed by atoms with van der Waals surface area (Å²) in [5, 5.41) is 20.7. The second-order valence-corrected chi connectivity index (χ2v) is 4.54. The van der Waals surface area contributed by atoms with Gasteiger partial charge in [0.05, 0.1) is 12.7 Å². The number of aliphatic hydroxyl groups is 1. The zero-order valence-corrected chi connectivity index (χ0v) is 14.6. The van der Waals surface area contributed by atoms with Crippen LogP contribution in [0.3, 0.4) is 0 Å². The molecule has 0 bridgehead atoms. The van der Waals surface area contributed by atoms with Crippen LogP contribution in [-0.2, 0) is 12.6 Å². The molecule has 0 amide bonds. The van der Waals surface area contributed by atoms with Crippen molar-refractivity contribution in [3.05, 3.63) is 30.6 Å². The van der Waals surface area contributed by atoms with Gasteiger partial charge in [-0.05, 0) is 13.8 Å². The summed E-state index contributed by atoms with van der Waals surface area (Å²) in [6, 6.07) is 0. The van der Waals surface area contributed by atoms with Gasteiger partial charge in [-0.15, -0.1) is 30.6 Å². The number of guanidine groups is 1. The summed E-state index contributed by atoms with van der Waals surface area (Å²) >= 11 is 0. The fourth-order valence-electron chi connectivity index (χ4n) is 1.53. The number of halogens is 1. The molecule has 1 aromatic heterocycles. The Kier molecular flexibility index (Phi) is 8.47. The lowest BCUT2D eigenvalue weighted by Crippen LogP contribution is -2.38. The van der Waals surface area contributed by atoms with Crippen LogP contribution < -0.4 is 10.6 Å². The summed E-state index contributed by atoms with van der Waals surface area (Å²) in [7, 11) is 1.82. The predicted molar refractivity (Wildman–Crippen MR) is 92.4 cm³/mol. The third kappa shape index (κ3) is 5.91. The third-order valence-corrected chi connectivity index (χ3v) is 2.63. The fourth-order valence-corrected chi connectivity index (χ4v) is 1.53. The molecule has 0 saturated carbocycles. The van der Waals surface area contributed by atoms with Gasteiger partial charge >= 0.3 is 0 Å². The Morgan fingerprint density at radius 1 is 1.60 bits per heavy atom. The first kappa shape index (κ1) is 18.9. The minimum absolute atomic E-state index is 0. The molecule has 0 aliphatic rings. The van der Waals surface area contributed by atoms with Crippen LogP contribution in [0.1, 0.15) is 19.4 Å². The van der Waals surface area contributed by atoms with Crippen molar-refractivity contribution in [2.45, 2.75) is 19.4 Å². The molecule has 20 heavy (non-hydrogen) atoms. The molecule has 1 atom stereocenters. The number of nitrogens with one attached hydrogen (secondary N) is 2. The zero-order chi connectivity index (χ0) is 14.3. The quantitative estimate of drug-likeness (QED) is 0.292. The van der Waals surface area contributed by atoms with E-state index in [-0.39, 0.29) is 30.5 Å². The monoisotopic (exact) mass is 393 g/mol. The highest BCUT2D eigenvalue weighted by molar-refractivity contribution is 14.0. The van der Waals surface area contributed by atoms with Crippen molar-refractivity contribution < 1.29 is 5.11 Å². The standard InChI is InChI=1S/C13H23N5O.HI/c1-5-7-15-12(14-6-2)16-10-13(3,19)11-8-17-18(4)9-11;/h5,8-9,19H,1,6-7,10H2,2-4H3,(H2,14,15,16);1H. The third-order valence-electron chi connectivity index (χ3n) is 2.63. The summed E-state index contributed by atoms with van der Waals surface area (Å²) < 4.78 is 1.66. The van der Waals surface area contributed by atoms with Crippen LogP contribution in [0.2, 0.25) is 0 Å². The number of nitrogens with zero attached hydrogens (tertiary/aromatic N) is 3. The molecule has 0 saturated heterocycles. The van der Waals surface area contributed by atoms with Gasteiger partial charge in [0.25, 0.3) is 0 Å². The van der Waals surface area contributed by atoms with Crippen LogP contribution in [-0.4, -0.2) is 40.5 Å². The maximum Gasteiger partial charge on any atom is 0.191 e. The second kappa shape index (κ2) is 8.96. The Morgan fingerprint density at radius 2 is 2.30 bits per heavy atom. The Balaban J connectivity index is 0.00000361. The van der Waals surface area contributed by atoms with Gasteiger partial charge in [-0.2, -0.15) is 5.10 Å². The van der Waals surface area contributed by atoms with E-state index in [2.05, 4.69) is 27.3 Å². The Morgan fingerprint density at radius 3 is 2.80 bits per heavy atom. The minimum Gasteiger partial charge on any atom is -0.383 e. The van der Waals surface area contributed by atoms with Crippen LogP contribution in [0, 0.1) is 0 Å². The molecule has 1 rings (SSSR count). The average Bonchev–Trinajstić information content (AvgIpc) is 2.80. The summed E-state index contributed by atoms with van der Waals surface area (Å²) in [6.07, 6.45) is 5.20. The summed E-state index contributed by atoms with van der Waals surface area (Å²) in [5.74, 6) is 0.659. The van der Waals surface area contributed by atoms with Gasteiger partial charge < -0.3 is 15.7 Å². The van der Waals surface area contributed by atoms with Crippen molar-refractivity contribution >= 4 is 29.9 Å². The van der Waals surface area contributed by atoms with E-state index in [4.69, 9.17) is 0 Å². The van der Waals surface area contributed by atoms with Crippen LogP contribution in [0.4, 0.5) is 0 Å². The molecule has 114 valence electrons. The molecular weight excluding hydrogens is 369 g/mol. The van der Waals surface area contributed by atoms with E-state index >= 15 is 0 Å². The first-order chi connectivity index (χ1) is 8.99. The first-order valence-corrected chi connectivity index (χ1v) is 6.34. The Labute approximate surface area is 137 Å². The smallest absolute Gasteiger partial charge is 0.191 e.